The Kier molecular flexibility index (Phi) is 10.6. The number of likely N-dealkylation sites (N-methyl/N-ethyl adjacent to an activating group) is 1. The molecule has 9 nitrogen and oxygen atoms in total. The molecule has 0 unspecified atom stereocenters. The van der Waals surface area contributed by atoms with Crippen molar-refractivity contribution in [3.63, 3.8) is 0 Å². The molecule has 0 aliphatic heterocycles. The Labute approximate surface area is 218 Å². The number of benzene rings is 2. The van der Waals surface area contributed by atoms with Crippen LogP contribution in [0, 0.1) is 5.82 Å². The maximum Gasteiger partial charge on any atom is 0.412 e. The molecule has 2 atom stereocenters. The van der Waals surface area contributed by atoms with Crippen molar-refractivity contribution >= 4 is 40.2 Å². The number of nitrogens with one attached hydrogen (secondary N) is 1. The number of ether oxygens (including phenoxy) is 2. The molecule has 2 aromatic carbocycles. The number of pyridine rings is 1. The number of anilines is 1. The molecule has 0 aliphatic carbocycles. The minimum absolute atomic E-state index is 0.0295. The summed E-state index contributed by atoms with van der Waals surface area (Å²) in [6.07, 6.45) is 0.0232. The molecule has 3 aromatic rings. The van der Waals surface area contributed by atoms with Crippen LogP contribution in [-0.4, -0.2) is 77.7 Å². The van der Waals surface area contributed by atoms with E-state index in [2.05, 4.69) is 10.3 Å². The molecule has 0 spiro atoms. The van der Waals surface area contributed by atoms with Crippen LogP contribution in [-0.2, 0) is 20.7 Å². The van der Waals surface area contributed by atoms with Gasteiger partial charge in [-0.05, 0) is 29.5 Å². The summed E-state index contributed by atoms with van der Waals surface area (Å²) in [5.41, 5.74) is 0.501. The summed E-state index contributed by atoms with van der Waals surface area (Å²) in [4.78, 5) is 30.8. The summed E-state index contributed by atoms with van der Waals surface area (Å²) in [7, 11) is 1.53. The lowest BCUT2D eigenvalue weighted by molar-refractivity contribution is -0.134. The van der Waals surface area contributed by atoms with Crippen LogP contribution in [0.3, 0.4) is 0 Å². The van der Waals surface area contributed by atoms with E-state index in [4.69, 9.17) is 26.2 Å². The van der Waals surface area contributed by atoms with E-state index in [0.29, 0.717) is 11.4 Å². The number of aromatic nitrogens is 1. The average Bonchev–Trinajstić information content (AvgIpc) is 2.90. The lowest BCUT2D eigenvalue weighted by atomic mass is 10.1. The summed E-state index contributed by atoms with van der Waals surface area (Å²) in [6, 6.07) is 13.0. The van der Waals surface area contributed by atoms with Gasteiger partial charge >= 0.3 is 6.09 Å². The van der Waals surface area contributed by atoms with E-state index in [1.165, 1.54) is 24.1 Å². The van der Waals surface area contributed by atoms with Crippen LogP contribution in [0.1, 0.15) is 12.0 Å². The first-order chi connectivity index (χ1) is 17.8. The Bertz CT molecular complexity index is 1210. The fraction of sp³-hybridized carbons (Fsp3) is 0.346. The van der Waals surface area contributed by atoms with Crippen molar-refractivity contribution in [2.24, 2.45) is 0 Å². The molecule has 0 saturated carbocycles. The smallest absolute Gasteiger partial charge is 0.412 e. The minimum atomic E-state index is -1.08. The Morgan fingerprint density at radius 3 is 2.65 bits per heavy atom. The van der Waals surface area contributed by atoms with Crippen LogP contribution in [0.4, 0.5) is 15.0 Å². The van der Waals surface area contributed by atoms with Gasteiger partial charge in [0.2, 0.25) is 5.91 Å². The quantitative estimate of drug-likeness (QED) is 0.326. The zero-order chi connectivity index (χ0) is 26.8. The number of carbonyl (C=O) groups excluding carboxylic acids is 2. The highest BCUT2D eigenvalue weighted by Crippen LogP contribution is 2.21. The normalized spacial score (nSPS) is 12.7. The molecule has 3 rings (SSSR count). The number of fused-ring (bicyclic) bond motifs is 1. The predicted octanol–water partition coefficient (Wildman–Crippen LogP) is 3.41. The first-order valence-electron chi connectivity index (χ1n) is 11.6. The van der Waals surface area contributed by atoms with E-state index in [1.807, 2.05) is 24.3 Å². The largest absolute Gasteiger partial charge is 0.447 e. The van der Waals surface area contributed by atoms with Crippen LogP contribution in [0.25, 0.3) is 10.8 Å². The number of halogens is 2. The lowest BCUT2D eigenvalue weighted by Gasteiger charge is -2.28. The second-order valence-electron chi connectivity index (χ2n) is 8.39. The molecule has 0 fully saturated rings. The standard InChI is InChI=1S/C26H29ClFN3O6/c1-31(24(34)10-9-17-7-4-8-22(28)25(17)27)20(14-36-16-21(33)13-32)15-37-26(35)30-23-11-18-5-2-3-6-19(18)12-29-23/h2-8,11-12,20-21,32-33H,9-10,13-16H2,1H3,(H,29,30,35)/t20-,21+/m0/s1. The molecule has 0 radical (unpaired) electrons. The van der Waals surface area contributed by atoms with Gasteiger partial charge in [0, 0.05) is 25.1 Å². The summed E-state index contributed by atoms with van der Waals surface area (Å²) in [5, 5.41) is 22.9. The predicted molar refractivity (Wildman–Crippen MR) is 137 cm³/mol. The lowest BCUT2D eigenvalue weighted by Crippen LogP contribution is -2.44. The number of amides is 2. The van der Waals surface area contributed by atoms with E-state index >= 15 is 0 Å². The maximum absolute atomic E-state index is 13.7. The van der Waals surface area contributed by atoms with Gasteiger partial charge in [-0.1, -0.05) is 48.0 Å². The molecular weight excluding hydrogens is 505 g/mol. The Balaban J connectivity index is 1.59. The monoisotopic (exact) mass is 533 g/mol. The molecule has 1 aromatic heterocycles. The number of hydrogen-bond acceptors (Lipinski definition) is 7. The number of hydrogen-bond donors (Lipinski definition) is 3. The highest BCUT2D eigenvalue weighted by Gasteiger charge is 2.23. The summed E-state index contributed by atoms with van der Waals surface area (Å²) >= 11 is 5.98. The summed E-state index contributed by atoms with van der Waals surface area (Å²) in [5.74, 6) is -0.565. The van der Waals surface area contributed by atoms with Crippen molar-refractivity contribution in [3.05, 3.63) is 71.1 Å². The molecule has 0 aliphatic rings. The Hall–Kier alpha value is -3.31. The van der Waals surface area contributed by atoms with Crippen molar-refractivity contribution in [2.75, 3.05) is 38.8 Å². The molecule has 0 saturated heterocycles. The maximum atomic E-state index is 13.7. The van der Waals surface area contributed by atoms with Gasteiger partial charge in [-0.3, -0.25) is 10.1 Å². The van der Waals surface area contributed by atoms with Gasteiger partial charge in [0.1, 0.15) is 24.3 Å². The fourth-order valence-corrected chi connectivity index (χ4v) is 3.71. The van der Waals surface area contributed by atoms with Crippen LogP contribution in [0.2, 0.25) is 5.02 Å². The number of aliphatic hydroxyl groups is 2. The van der Waals surface area contributed by atoms with E-state index in [1.54, 1.807) is 18.3 Å². The molecule has 11 heteroatoms. The van der Waals surface area contributed by atoms with E-state index < -0.39 is 30.7 Å². The molecule has 2 amide bonds. The van der Waals surface area contributed by atoms with Crippen LogP contribution in [0.5, 0.6) is 0 Å². The Morgan fingerprint density at radius 1 is 1.14 bits per heavy atom. The van der Waals surface area contributed by atoms with Crippen LogP contribution in [0.15, 0.2) is 54.7 Å². The van der Waals surface area contributed by atoms with Gasteiger partial charge in [-0.2, -0.15) is 0 Å². The van der Waals surface area contributed by atoms with Crippen molar-refractivity contribution in [1.29, 1.82) is 0 Å². The number of nitrogens with zero attached hydrogens (tertiary/aromatic N) is 2. The average molecular weight is 534 g/mol. The first kappa shape index (κ1) is 28.3. The highest BCUT2D eigenvalue weighted by molar-refractivity contribution is 6.31. The number of rotatable bonds is 12. The third-order valence-corrected chi connectivity index (χ3v) is 6.10. The van der Waals surface area contributed by atoms with Gasteiger partial charge in [-0.25, -0.2) is 14.2 Å². The molecular formula is C26H29ClFN3O6. The molecule has 0 bridgehead atoms. The first-order valence-corrected chi connectivity index (χ1v) is 12.0. The minimum Gasteiger partial charge on any atom is -0.447 e. The molecule has 37 heavy (non-hydrogen) atoms. The van der Waals surface area contributed by atoms with Crippen molar-refractivity contribution < 1.29 is 33.7 Å². The number of aliphatic hydroxyl groups excluding tert-OH is 2. The fourth-order valence-electron chi connectivity index (χ4n) is 3.49. The van der Waals surface area contributed by atoms with E-state index in [9.17, 15) is 19.1 Å². The molecule has 1 heterocycles. The van der Waals surface area contributed by atoms with E-state index in [0.717, 1.165) is 10.8 Å². The third-order valence-electron chi connectivity index (χ3n) is 5.68. The number of aryl methyl sites for hydroxylation is 1. The molecule has 198 valence electrons. The Morgan fingerprint density at radius 2 is 1.89 bits per heavy atom. The SMILES string of the molecule is CN(C(=O)CCc1cccc(F)c1Cl)[C@@H](COC[C@H](O)CO)COC(=O)Nc1cc2ccccc2cn1. The summed E-state index contributed by atoms with van der Waals surface area (Å²) < 4.78 is 24.4. The third kappa shape index (κ3) is 8.36. The second kappa shape index (κ2) is 13.8. The van der Waals surface area contributed by atoms with Gasteiger partial charge in [0.25, 0.3) is 0 Å². The zero-order valence-electron chi connectivity index (χ0n) is 20.3. The molecule has 3 N–H and O–H groups in total. The van der Waals surface area contributed by atoms with Crippen molar-refractivity contribution in [2.45, 2.75) is 25.0 Å². The topological polar surface area (TPSA) is 121 Å². The van der Waals surface area contributed by atoms with Gasteiger partial charge in [-0.15, -0.1) is 0 Å². The van der Waals surface area contributed by atoms with Crippen molar-refractivity contribution in [3.8, 4) is 0 Å². The zero-order valence-corrected chi connectivity index (χ0v) is 21.0. The van der Waals surface area contributed by atoms with Gasteiger partial charge in [0.05, 0.1) is 30.9 Å². The second-order valence-corrected chi connectivity index (χ2v) is 8.76. The van der Waals surface area contributed by atoms with Crippen LogP contribution < -0.4 is 5.32 Å². The number of carbonyl (C=O) groups is 2. The highest BCUT2D eigenvalue weighted by atomic mass is 35.5. The van der Waals surface area contributed by atoms with Crippen molar-refractivity contribution in [1.82, 2.24) is 9.88 Å². The van der Waals surface area contributed by atoms with Gasteiger partial charge < -0.3 is 24.6 Å². The summed E-state index contributed by atoms with van der Waals surface area (Å²) in [6.45, 7) is -0.925. The van der Waals surface area contributed by atoms with Crippen LogP contribution >= 0.6 is 11.6 Å². The van der Waals surface area contributed by atoms with E-state index in [-0.39, 0.29) is 43.6 Å². The van der Waals surface area contributed by atoms with Gasteiger partial charge in [0.15, 0.2) is 0 Å².